The molecule has 2 rings (SSSR count). The second-order valence-electron chi connectivity index (χ2n) is 4.30. The smallest absolute Gasteiger partial charge is 0.273 e. The second-order valence-corrected chi connectivity index (χ2v) is 6.12. The van der Waals surface area contributed by atoms with Crippen LogP contribution in [0.1, 0.15) is 17.1 Å². The van der Waals surface area contributed by atoms with E-state index in [1.54, 1.807) is 6.07 Å². The number of hydrogen-bond acceptors (Lipinski definition) is 5. The van der Waals surface area contributed by atoms with Gasteiger partial charge in [-0.05, 0) is 38.2 Å². The number of furan rings is 1. The first-order chi connectivity index (χ1) is 9.51. The van der Waals surface area contributed by atoms with Gasteiger partial charge in [-0.1, -0.05) is 6.07 Å². The molecule has 0 spiro atoms. The van der Waals surface area contributed by atoms with Crippen molar-refractivity contribution in [2.45, 2.75) is 25.1 Å². The third kappa shape index (κ3) is 3.66. The molecule has 0 amide bonds. The van der Waals surface area contributed by atoms with Crippen molar-refractivity contribution in [3.05, 3.63) is 47.5 Å². The molecule has 0 atom stereocenters. The van der Waals surface area contributed by atoms with E-state index < -0.39 is 10.0 Å². The maximum absolute atomic E-state index is 11.5. The molecule has 7 heteroatoms. The fraction of sp³-hybridized carbons (Fsp3) is 0.308. The van der Waals surface area contributed by atoms with Gasteiger partial charge in [0.15, 0.2) is 0 Å². The summed E-state index contributed by atoms with van der Waals surface area (Å²) in [6.45, 7) is 2.97. The van der Waals surface area contributed by atoms with Crippen LogP contribution in [-0.2, 0) is 23.1 Å². The summed E-state index contributed by atoms with van der Waals surface area (Å²) >= 11 is 0. The van der Waals surface area contributed by atoms with Crippen LogP contribution in [0.5, 0.6) is 0 Å². The van der Waals surface area contributed by atoms with Crippen molar-refractivity contribution in [2.75, 3.05) is 7.05 Å². The summed E-state index contributed by atoms with van der Waals surface area (Å²) in [7, 11) is -2.17. The molecule has 0 fully saturated rings. The zero-order valence-electron chi connectivity index (χ0n) is 11.4. The molecule has 6 nitrogen and oxygen atoms in total. The number of pyridine rings is 1. The highest BCUT2D eigenvalue weighted by Crippen LogP contribution is 2.13. The molecular formula is C13H17N3O3S. The van der Waals surface area contributed by atoms with Crippen molar-refractivity contribution in [3.8, 4) is 0 Å². The summed E-state index contributed by atoms with van der Waals surface area (Å²) in [5.74, 6) is 0.562. The molecule has 2 aromatic heterocycles. The van der Waals surface area contributed by atoms with Crippen molar-refractivity contribution in [2.24, 2.45) is 0 Å². The maximum Gasteiger partial charge on any atom is 0.273 e. The van der Waals surface area contributed by atoms with E-state index in [2.05, 4.69) is 15.0 Å². The van der Waals surface area contributed by atoms with Crippen LogP contribution in [0.3, 0.4) is 0 Å². The van der Waals surface area contributed by atoms with E-state index in [0.29, 0.717) is 18.8 Å². The molecule has 20 heavy (non-hydrogen) atoms. The minimum atomic E-state index is -3.52. The lowest BCUT2D eigenvalue weighted by molar-refractivity contribution is 0.400. The fourth-order valence-electron chi connectivity index (χ4n) is 1.71. The zero-order chi connectivity index (χ0) is 14.6. The number of hydrogen-bond donors (Lipinski definition) is 2. The molecule has 0 aliphatic carbocycles. The van der Waals surface area contributed by atoms with Crippen molar-refractivity contribution in [3.63, 3.8) is 0 Å². The number of nitrogens with zero attached hydrogens (tertiary/aromatic N) is 1. The van der Waals surface area contributed by atoms with Gasteiger partial charge in [-0.3, -0.25) is 4.98 Å². The standard InChI is InChI=1S/C13H17N3O3S/c1-10-4-3-5-11(16-10)8-15-9-12-6-7-13(19-12)20(17,18)14-2/h3-7,14-15H,8-9H2,1-2H3. The minimum absolute atomic E-state index is 0.0783. The van der Waals surface area contributed by atoms with E-state index in [-0.39, 0.29) is 5.09 Å². The van der Waals surface area contributed by atoms with Gasteiger partial charge in [0, 0.05) is 12.2 Å². The first-order valence-corrected chi connectivity index (χ1v) is 7.65. The van der Waals surface area contributed by atoms with E-state index in [1.165, 1.54) is 13.1 Å². The molecule has 2 aromatic rings. The lowest BCUT2D eigenvalue weighted by atomic mass is 10.3. The average Bonchev–Trinajstić information content (AvgIpc) is 2.88. The summed E-state index contributed by atoms with van der Waals surface area (Å²) in [6.07, 6.45) is 0. The molecular weight excluding hydrogens is 278 g/mol. The van der Waals surface area contributed by atoms with Crippen molar-refractivity contribution >= 4 is 10.0 Å². The minimum Gasteiger partial charge on any atom is -0.447 e. The van der Waals surface area contributed by atoms with E-state index in [4.69, 9.17) is 4.42 Å². The quantitative estimate of drug-likeness (QED) is 0.836. The third-order valence-electron chi connectivity index (χ3n) is 2.72. The zero-order valence-corrected chi connectivity index (χ0v) is 12.2. The Morgan fingerprint density at radius 2 is 2.00 bits per heavy atom. The van der Waals surface area contributed by atoms with E-state index in [1.807, 2.05) is 25.1 Å². The van der Waals surface area contributed by atoms with Gasteiger partial charge in [0.25, 0.3) is 10.0 Å². The Hall–Kier alpha value is -1.70. The third-order valence-corrected chi connectivity index (χ3v) is 4.01. The van der Waals surface area contributed by atoms with Crippen LogP contribution in [0.4, 0.5) is 0 Å². The monoisotopic (exact) mass is 295 g/mol. The number of sulfonamides is 1. The highest BCUT2D eigenvalue weighted by molar-refractivity contribution is 7.89. The molecule has 0 saturated heterocycles. The summed E-state index contributed by atoms with van der Waals surface area (Å²) in [6, 6.07) is 8.89. The van der Waals surface area contributed by atoms with Crippen LogP contribution in [0, 0.1) is 6.92 Å². The summed E-state index contributed by atoms with van der Waals surface area (Å²) in [5, 5.41) is 3.08. The van der Waals surface area contributed by atoms with Gasteiger partial charge in [-0.2, -0.15) is 0 Å². The van der Waals surface area contributed by atoms with Crippen LogP contribution in [0.2, 0.25) is 0 Å². The Bertz CT molecular complexity index is 680. The lowest BCUT2D eigenvalue weighted by Crippen LogP contribution is -2.18. The predicted molar refractivity (Wildman–Crippen MR) is 74.5 cm³/mol. The molecule has 0 unspecified atom stereocenters. The largest absolute Gasteiger partial charge is 0.447 e. The van der Waals surface area contributed by atoms with Crippen LogP contribution in [0.15, 0.2) is 39.8 Å². The van der Waals surface area contributed by atoms with Gasteiger partial charge >= 0.3 is 0 Å². The Kier molecular flexibility index (Phi) is 4.53. The number of nitrogens with one attached hydrogen (secondary N) is 2. The average molecular weight is 295 g/mol. The first-order valence-electron chi connectivity index (χ1n) is 6.17. The van der Waals surface area contributed by atoms with Crippen LogP contribution < -0.4 is 10.0 Å². The van der Waals surface area contributed by atoms with E-state index in [9.17, 15) is 8.42 Å². The predicted octanol–water partition coefficient (Wildman–Crippen LogP) is 1.18. The van der Waals surface area contributed by atoms with Gasteiger partial charge in [0.05, 0.1) is 12.2 Å². The first kappa shape index (κ1) is 14.7. The lowest BCUT2D eigenvalue weighted by Gasteiger charge is -2.03. The Labute approximate surface area is 118 Å². The van der Waals surface area contributed by atoms with E-state index in [0.717, 1.165) is 11.4 Å². The van der Waals surface area contributed by atoms with E-state index >= 15 is 0 Å². The SMILES string of the molecule is CNS(=O)(=O)c1ccc(CNCc2cccc(C)n2)o1. The van der Waals surface area contributed by atoms with Gasteiger partial charge in [0.1, 0.15) is 5.76 Å². The molecule has 0 aliphatic rings. The van der Waals surface area contributed by atoms with Crippen molar-refractivity contribution < 1.29 is 12.8 Å². The molecule has 0 radical (unpaired) electrons. The van der Waals surface area contributed by atoms with Gasteiger partial charge in [-0.15, -0.1) is 0 Å². The summed E-state index contributed by atoms with van der Waals surface area (Å²) in [5.41, 5.74) is 1.89. The molecule has 0 aliphatic heterocycles. The molecule has 2 N–H and O–H groups in total. The van der Waals surface area contributed by atoms with Crippen molar-refractivity contribution in [1.82, 2.24) is 15.0 Å². The van der Waals surface area contributed by atoms with Gasteiger partial charge in [0.2, 0.25) is 5.09 Å². The molecule has 0 saturated carbocycles. The molecule has 2 heterocycles. The van der Waals surface area contributed by atoms with Crippen LogP contribution in [-0.4, -0.2) is 20.4 Å². The highest BCUT2D eigenvalue weighted by atomic mass is 32.2. The maximum atomic E-state index is 11.5. The number of aromatic nitrogens is 1. The van der Waals surface area contributed by atoms with Crippen LogP contribution >= 0.6 is 0 Å². The Balaban J connectivity index is 1.92. The van der Waals surface area contributed by atoms with Crippen molar-refractivity contribution in [1.29, 1.82) is 0 Å². The van der Waals surface area contributed by atoms with Crippen LogP contribution in [0.25, 0.3) is 0 Å². The van der Waals surface area contributed by atoms with Gasteiger partial charge < -0.3 is 9.73 Å². The molecule has 108 valence electrons. The summed E-state index contributed by atoms with van der Waals surface area (Å²) < 4.78 is 30.5. The number of rotatable bonds is 6. The Morgan fingerprint density at radius 3 is 2.70 bits per heavy atom. The second kappa shape index (κ2) is 6.17. The van der Waals surface area contributed by atoms with Gasteiger partial charge in [-0.25, -0.2) is 13.1 Å². The Morgan fingerprint density at radius 1 is 1.20 bits per heavy atom. The highest BCUT2D eigenvalue weighted by Gasteiger charge is 2.15. The topological polar surface area (TPSA) is 84.2 Å². The number of aryl methyl sites for hydroxylation is 1. The molecule has 0 bridgehead atoms. The summed E-state index contributed by atoms with van der Waals surface area (Å²) in [4.78, 5) is 4.36. The fourth-order valence-corrected chi connectivity index (χ4v) is 2.38. The molecule has 0 aromatic carbocycles. The normalized spacial score (nSPS) is 11.7.